The second-order valence-corrected chi connectivity index (χ2v) is 2.86. The van der Waals surface area contributed by atoms with Crippen LogP contribution in [-0.4, -0.2) is 57.7 Å². The van der Waals surface area contributed by atoms with Crippen molar-refractivity contribution < 1.29 is 25.2 Å². The average molecular weight is 179 g/mol. The van der Waals surface area contributed by atoms with E-state index in [1.54, 1.807) is 0 Å². The highest BCUT2D eigenvalue weighted by Gasteiger charge is 2.47. The van der Waals surface area contributed by atoms with Gasteiger partial charge >= 0.3 is 0 Å². The maximum Gasteiger partial charge on any atom is 0.207 e. The molecule has 1 heterocycles. The molecule has 72 valence electrons. The van der Waals surface area contributed by atoms with Gasteiger partial charge in [-0.05, 0) is 0 Å². The third-order valence-electron chi connectivity index (χ3n) is 1.98. The number of hydrogen-bond donors (Lipinski definition) is 5. The van der Waals surface area contributed by atoms with Gasteiger partial charge in [0.05, 0.1) is 6.61 Å². The summed E-state index contributed by atoms with van der Waals surface area (Å²) in [6, 6.07) is 0. The molecule has 2 unspecified atom stereocenters. The van der Waals surface area contributed by atoms with Crippen LogP contribution in [0.4, 0.5) is 0 Å². The molecule has 4 atom stereocenters. The van der Waals surface area contributed by atoms with Crippen molar-refractivity contribution in [1.29, 1.82) is 0 Å². The maximum absolute atomic E-state index is 9.37. The fourth-order valence-corrected chi connectivity index (χ4v) is 1.07. The normalized spacial score (nSPS) is 49.2. The van der Waals surface area contributed by atoms with Crippen LogP contribution >= 0.6 is 0 Å². The Bertz CT molecular complexity index is 166. The molecule has 1 saturated heterocycles. The quantitative estimate of drug-likeness (QED) is 0.288. The van der Waals surface area contributed by atoms with Gasteiger partial charge in [0.15, 0.2) is 0 Å². The zero-order valence-electron chi connectivity index (χ0n) is 6.42. The van der Waals surface area contributed by atoms with E-state index in [9.17, 15) is 10.2 Å². The molecular formula is C6H13NO5. The van der Waals surface area contributed by atoms with Gasteiger partial charge in [-0.25, -0.2) is 0 Å². The minimum absolute atomic E-state index is 0.244. The Hall–Kier alpha value is -0.240. The number of aliphatic hydroxyl groups is 4. The minimum Gasteiger partial charge on any atom is -0.388 e. The lowest BCUT2D eigenvalue weighted by Crippen LogP contribution is -2.63. The SMILES string of the molecule is NCC1(O)OC[C@H](O)C(O)[C@@H]1O. The molecule has 12 heavy (non-hydrogen) atoms. The lowest BCUT2D eigenvalue weighted by atomic mass is 9.97. The van der Waals surface area contributed by atoms with Crippen molar-refractivity contribution in [3.05, 3.63) is 0 Å². The molecule has 0 bridgehead atoms. The molecule has 0 saturated carbocycles. The summed E-state index contributed by atoms with van der Waals surface area (Å²) in [7, 11) is 0. The number of nitrogens with two attached hydrogens (primary N) is 1. The molecule has 1 aliphatic heterocycles. The number of rotatable bonds is 1. The zero-order chi connectivity index (χ0) is 9.35. The van der Waals surface area contributed by atoms with Crippen molar-refractivity contribution in [1.82, 2.24) is 0 Å². The molecule has 0 aromatic carbocycles. The summed E-state index contributed by atoms with van der Waals surface area (Å²) < 4.78 is 4.68. The first-order valence-corrected chi connectivity index (χ1v) is 3.62. The smallest absolute Gasteiger partial charge is 0.207 e. The van der Waals surface area contributed by atoms with E-state index in [1.165, 1.54) is 0 Å². The van der Waals surface area contributed by atoms with Crippen LogP contribution in [0.5, 0.6) is 0 Å². The Labute approximate surface area is 69.2 Å². The van der Waals surface area contributed by atoms with Crippen LogP contribution in [0, 0.1) is 0 Å². The van der Waals surface area contributed by atoms with Crippen LogP contribution in [0.3, 0.4) is 0 Å². The van der Waals surface area contributed by atoms with Gasteiger partial charge in [-0.3, -0.25) is 0 Å². The Kier molecular flexibility index (Phi) is 2.67. The van der Waals surface area contributed by atoms with E-state index < -0.39 is 24.1 Å². The molecule has 6 N–H and O–H groups in total. The van der Waals surface area contributed by atoms with Crippen molar-refractivity contribution in [2.45, 2.75) is 24.1 Å². The van der Waals surface area contributed by atoms with E-state index in [1.807, 2.05) is 0 Å². The minimum atomic E-state index is -1.95. The fraction of sp³-hybridized carbons (Fsp3) is 1.00. The zero-order valence-corrected chi connectivity index (χ0v) is 6.42. The maximum atomic E-state index is 9.37. The topological polar surface area (TPSA) is 116 Å². The molecule has 0 spiro atoms. The van der Waals surface area contributed by atoms with E-state index in [0.717, 1.165) is 0 Å². The molecule has 1 aliphatic rings. The number of aliphatic hydroxyl groups excluding tert-OH is 3. The van der Waals surface area contributed by atoms with Crippen LogP contribution < -0.4 is 5.73 Å². The van der Waals surface area contributed by atoms with Gasteiger partial charge in [0.1, 0.15) is 18.3 Å². The molecular weight excluding hydrogens is 166 g/mol. The summed E-state index contributed by atoms with van der Waals surface area (Å²) >= 11 is 0. The predicted molar refractivity (Wildman–Crippen MR) is 38.0 cm³/mol. The molecule has 0 radical (unpaired) electrons. The van der Waals surface area contributed by atoms with Crippen LogP contribution in [-0.2, 0) is 4.74 Å². The van der Waals surface area contributed by atoms with Crippen LogP contribution in [0.2, 0.25) is 0 Å². The summed E-state index contributed by atoms with van der Waals surface area (Å²) in [5.41, 5.74) is 5.11. The Morgan fingerprint density at radius 3 is 2.50 bits per heavy atom. The summed E-state index contributed by atoms with van der Waals surface area (Å²) in [4.78, 5) is 0. The van der Waals surface area contributed by atoms with Crippen LogP contribution in [0.15, 0.2) is 0 Å². The van der Waals surface area contributed by atoms with E-state index in [-0.39, 0.29) is 13.2 Å². The first kappa shape index (κ1) is 9.85. The number of ether oxygens (including phenoxy) is 1. The molecule has 1 fully saturated rings. The molecule has 6 nitrogen and oxygen atoms in total. The van der Waals surface area contributed by atoms with Gasteiger partial charge in [-0.1, -0.05) is 0 Å². The van der Waals surface area contributed by atoms with Crippen LogP contribution in [0.1, 0.15) is 0 Å². The van der Waals surface area contributed by atoms with Crippen molar-refractivity contribution >= 4 is 0 Å². The van der Waals surface area contributed by atoms with E-state index in [4.69, 9.17) is 15.9 Å². The molecule has 0 aliphatic carbocycles. The van der Waals surface area contributed by atoms with Gasteiger partial charge < -0.3 is 30.9 Å². The molecule has 0 amide bonds. The Morgan fingerprint density at radius 1 is 1.42 bits per heavy atom. The van der Waals surface area contributed by atoms with Crippen molar-refractivity contribution in [3.8, 4) is 0 Å². The fourth-order valence-electron chi connectivity index (χ4n) is 1.07. The Balaban J connectivity index is 2.71. The predicted octanol–water partition coefficient (Wildman–Crippen LogP) is -3.25. The Morgan fingerprint density at radius 2 is 2.00 bits per heavy atom. The van der Waals surface area contributed by atoms with Gasteiger partial charge in [0, 0.05) is 6.54 Å². The second kappa shape index (κ2) is 3.25. The van der Waals surface area contributed by atoms with E-state index in [2.05, 4.69) is 4.74 Å². The van der Waals surface area contributed by atoms with Crippen molar-refractivity contribution in [2.75, 3.05) is 13.2 Å². The lowest BCUT2D eigenvalue weighted by Gasteiger charge is -2.40. The van der Waals surface area contributed by atoms with Gasteiger partial charge in [0.25, 0.3) is 0 Å². The summed E-state index contributed by atoms with van der Waals surface area (Å²) in [6.07, 6.45) is -4.19. The molecule has 0 aromatic heterocycles. The first-order valence-electron chi connectivity index (χ1n) is 3.62. The van der Waals surface area contributed by atoms with Crippen molar-refractivity contribution in [2.24, 2.45) is 5.73 Å². The van der Waals surface area contributed by atoms with Gasteiger partial charge in [-0.15, -0.1) is 0 Å². The monoisotopic (exact) mass is 179 g/mol. The van der Waals surface area contributed by atoms with Gasteiger partial charge in [0.2, 0.25) is 5.79 Å². The van der Waals surface area contributed by atoms with E-state index >= 15 is 0 Å². The summed E-state index contributed by atoms with van der Waals surface area (Å²) in [5.74, 6) is -1.95. The lowest BCUT2D eigenvalue weighted by molar-refractivity contribution is -0.315. The van der Waals surface area contributed by atoms with Crippen molar-refractivity contribution in [3.63, 3.8) is 0 Å². The molecule has 1 rings (SSSR count). The average Bonchev–Trinajstić information content (AvgIpc) is 2.09. The van der Waals surface area contributed by atoms with E-state index in [0.29, 0.717) is 0 Å². The molecule has 0 aromatic rings. The third-order valence-corrected chi connectivity index (χ3v) is 1.98. The number of hydrogen-bond acceptors (Lipinski definition) is 6. The first-order chi connectivity index (χ1) is 5.51. The second-order valence-electron chi connectivity index (χ2n) is 2.86. The standard InChI is InChI=1S/C6H13NO5/c7-2-6(11)5(10)4(9)3(8)1-12-6/h3-5,8-11H,1-2,7H2/t3-,4?,5-,6?/m0/s1. The highest BCUT2D eigenvalue weighted by molar-refractivity contribution is 4.91. The summed E-state index contributed by atoms with van der Waals surface area (Å²) in [5, 5.41) is 36.7. The summed E-state index contributed by atoms with van der Waals surface area (Å²) in [6.45, 7) is -0.579. The van der Waals surface area contributed by atoms with Gasteiger partial charge in [-0.2, -0.15) is 0 Å². The molecule has 6 heteroatoms. The highest BCUT2D eigenvalue weighted by atomic mass is 16.6. The highest BCUT2D eigenvalue weighted by Crippen LogP contribution is 2.22. The third kappa shape index (κ3) is 1.45. The largest absolute Gasteiger partial charge is 0.388 e. The van der Waals surface area contributed by atoms with Crippen LogP contribution in [0.25, 0.3) is 0 Å².